The number of benzene rings is 5. The second-order valence-electron chi connectivity index (χ2n) is 11.1. The summed E-state index contributed by atoms with van der Waals surface area (Å²) in [5, 5.41) is 8.38. The molecule has 10 aromatic rings. The Morgan fingerprint density at radius 3 is 1.60 bits per heavy atom. The molecular formula is C38H23N5. The Morgan fingerprint density at radius 1 is 0.442 bits per heavy atom. The average molecular weight is 550 g/mol. The smallest absolute Gasteiger partial charge is 0.145 e. The van der Waals surface area contributed by atoms with Crippen molar-refractivity contribution >= 4 is 70.9 Å². The van der Waals surface area contributed by atoms with E-state index in [0.717, 1.165) is 33.3 Å². The van der Waals surface area contributed by atoms with Crippen LogP contribution >= 0.6 is 0 Å². The quantitative estimate of drug-likeness (QED) is 0.202. The van der Waals surface area contributed by atoms with E-state index < -0.39 is 0 Å². The molecule has 0 N–H and O–H groups in total. The Labute approximate surface area is 245 Å². The lowest BCUT2D eigenvalue weighted by Crippen LogP contribution is -1.99. The SMILES string of the molecule is c1ccc(-n2c3ccccc3c3c4c5ccncc5n5ccnc5c4c4c5ccccc5n(-c5ccccc5)c4c32)cc1. The van der Waals surface area contributed by atoms with Crippen molar-refractivity contribution in [1.82, 2.24) is 23.5 Å². The van der Waals surface area contributed by atoms with Crippen LogP contribution in [0, 0.1) is 0 Å². The van der Waals surface area contributed by atoms with Crippen molar-refractivity contribution in [1.29, 1.82) is 0 Å². The first kappa shape index (κ1) is 22.7. The standard InChI is InChI=1S/C38H23N5/c1-3-11-24(12-4-1)42-29-17-9-7-15-26(29)33-32-28-19-20-39-23-31(28)41-22-21-40-38(41)35(32)34-27-16-8-10-18-30(27)43(37(34)36(33)42)25-13-5-2-6-14-25/h1-23H. The van der Waals surface area contributed by atoms with Crippen LogP contribution in [0.3, 0.4) is 0 Å². The predicted molar refractivity (Wildman–Crippen MR) is 177 cm³/mol. The maximum absolute atomic E-state index is 5.01. The Balaban J connectivity index is 1.67. The van der Waals surface area contributed by atoms with E-state index in [4.69, 9.17) is 4.98 Å². The van der Waals surface area contributed by atoms with Gasteiger partial charge in [-0.2, -0.15) is 0 Å². The fourth-order valence-electron chi connectivity index (χ4n) is 7.34. The summed E-state index contributed by atoms with van der Waals surface area (Å²) in [5.74, 6) is 0. The fourth-order valence-corrected chi connectivity index (χ4v) is 7.34. The molecule has 0 aliphatic heterocycles. The molecule has 5 heterocycles. The van der Waals surface area contributed by atoms with Gasteiger partial charge in [0.05, 0.1) is 33.8 Å². The molecule has 5 heteroatoms. The van der Waals surface area contributed by atoms with Gasteiger partial charge in [-0.15, -0.1) is 0 Å². The third-order valence-corrected chi connectivity index (χ3v) is 8.95. The van der Waals surface area contributed by atoms with Gasteiger partial charge in [-0.25, -0.2) is 4.98 Å². The highest BCUT2D eigenvalue weighted by atomic mass is 15.1. The molecule has 0 atom stereocenters. The first-order valence-electron chi connectivity index (χ1n) is 14.5. The second-order valence-corrected chi connectivity index (χ2v) is 11.1. The summed E-state index contributed by atoms with van der Waals surface area (Å²) in [6, 6.07) is 41.2. The summed E-state index contributed by atoms with van der Waals surface area (Å²) in [6.07, 6.45) is 7.83. The van der Waals surface area contributed by atoms with Crippen LogP contribution in [0.25, 0.3) is 82.3 Å². The second kappa shape index (κ2) is 8.30. The molecule has 0 aliphatic carbocycles. The van der Waals surface area contributed by atoms with Crippen molar-refractivity contribution in [2.45, 2.75) is 0 Å². The Hall–Kier alpha value is -5.94. The molecule has 0 saturated heterocycles. The van der Waals surface area contributed by atoms with Crippen LogP contribution in [0.4, 0.5) is 0 Å². The topological polar surface area (TPSA) is 40.1 Å². The van der Waals surface area contributed by atoms with Crippen LogP contribution in [0.15, 0.2) is 140 Å². The highest BCUT2D eigenvalue weighted by Crippen LogP contribution is 2.49. The highest BCUT2D eigenvalue weighted by Gasteiger charge is 2.27. The van der Waals surface area contributed by atoms with Crippen LogP contribution in [0.2, 0.25) is 0 Å². The monoisotopic (exact) mass is 549 g/mol. The van der Waals surface area contributed by atoms with Gasteiger partial charge >= 0.3 is 0 Å². The molecule has 0 unspecified atom stereocenters. The van der Waals surface area contributed by atoms with Crippen LogP contribution in [0.5, 0.6) is 0 Å². The molecule has 200 valence electrons. The van der Waals surface area contributed by atoms with Gasteiger partial charge < -0.3 is 9.13 Å². The van der Waals surface area contributed by atoms with Gasteiger partial charge in [-0.05, 0) is 42.5 Å². The summed E-state index contributed by atoms with van der Waals surface area (Å²) in [6.45, 7) is 0. The van der Waals surface area contributed by atoms with Crippen molar-refractivity contribution in [3.63, 3.8) is 0 Å². The lowest BCUT2D eigenvalue weighted by molar-refractivity contribution is 1.15. The minimum Gasteiger partial charge on any atom is -0.307 e. The maximum Gasteiger partial charge on any atom is 0.145 e. The van der Waals surface area contributed by atoms with E-state index in [-0.39, 0.29) is 0 Å². The number of aromatic nitrogens is 5. The lowest BCUT2D eigenvalue weighted by atomic mass is 9.96. The predicted octanol–water partition coefficient (Wildman–Crippen LogP) is 9.23. The van der Waals surface area contributed by atoms with Crippen LogP contribution in [0.1, 0.15) is 0 Å². The molecule has 0 aliphatic rings. The van der Waals surface area contributed by atoms with Gasteiger partial charge in [0.2, 0.25) is 0 Å². The Bertz CT molecular complexity index is 2710. The molecule has 5 nitrogen and oxygen atoms in total. The van der Waals surface area contributed by atoms with Crippen molar-refractivity contribution in [2.24, 2.45) is 0 Å². The van der Waals surface area contributed by atoms with Crippen LogP contribution in [-0.4, -0.2) is 23.5 Å². The summed E-state index contributed by atoms with van der Waals surface area (Å²) in [5.41, 5.74) is 8.95. The highest BCUT2D eigenvalue weighted by molar-refractivity contribution is 6.42. The van der Waals surface area contributed by atoms with E-state index in [1.165, 1.54) is 49.0 Å². The van der Waals surface area contributed by atoms with Gasteiger partial charge in [0.25, 0.3) is 0 Å². The maximum atomic E-state index is 5.01. The molecule has 0 radical (unpaired) electrons. The minimum atomic E-state index is 0.940. The van der Waals surface area contributed by atoms with Gasteiger partial charge in [0.1, 0.15) is 5.65 Å². The van der Waals surface area contributed by atoms with Crippen molar-refractivity contribution in [2.75, 3.05) is 0 Å². The number of fused-ring (bicyclic) bond motifs is 15. The third kappa shape index (κ3) is 2.85. The molecule has 0 bridgehead atoms. The number of nitrogens with zero attached hydrogens (tertiary/aromatic N) is 5. The van der Waals surface area contributed by atoms with Gasteiger partial charge in [0.15, 0.2) is 0 Å². The molecule has 0 fully saturated rings. The number of pyridine rings is 2. The fraction of sp³-hybridized carbons (Fsp3) is 0. The normalized spacial score (nSPS) is 12.2. The third-order valence-electron chi connectivity index (χ3n) is 8.95. The number of hydrogen-bond donors (Lipinski definition) is 0. The van der Waals surface area contributed by atoms with Gasteiger partial charge in [-0.1, -0.05) is 72.8 Å². The number of hydrogen-bond acceptors (Lipinski definition) is 2. The summed E-state index contributed by atoms with van der Waals surface area (Å²) in [4.78, 5) is 9.55. The molecule has 10 rings (SSSR count). The molecule has 0 saturated carbocycles. The van der Waals surface area contributed by atoms with E-state index >= 15 is 0 Å². The van der Waals surface area contributed by atoms with Crippen molar-refractivity contribution in [3.8, 4) is 11.4 Å². The molecular weight excluding hydrogens is 526 g/mol. The molecule has 5 aromatic heterocycles. The van der Waals surface area contributed by atoms with E-state index in [1.54, 1.807) is 0 Å². The van der Waals surface area contributed by atoms with E-state index in [9.17, 15) is 0 Å². The minimum absolute atomic E-state index is 0.940. The van der Waals surface area contributed by atoms with Crippen LogP contribution < -0.4 is 0 Å². The van der Waals surface area contributed by atoms with Crippen molar-refractivity contribution < 1.29 is 0 Å². The summed E-state index contributed by atoms with van der Waals surface area (Å²) >= 11 is 0. The van der Waals surface area contributed by atoms with Gasteiger partial charge in [0, 0.05) is 67.7 Å². The zero-order valence-electron chi connectivity index (χ0n) is 23.0. The summed E-state index contributed by atoms with van der Waals surface area (Å²) < 4.78 is 7.09. The van der Waals surface area contributed by atoms with Gasteiger partial charge in [-0.3, -0.25) is 9.38 Å². The van der Waals surface area contributed by atoms with E-state index in [1.807, 2.05) is 18.6 Å². The van der Waals surface area contributed by atoms with E-state index in [2.05, 4.69) is 140 Å². The largest absolute Gasteiger partial charge is 0.307 e. The molecule has 0 spiro atoms. The summed E-state index contributed by atoms with van der Waals surface area (Å²) in [7, 11) is 0. The van der Waals surface area contributed by atoms with E-state index in [0.29, 0.717) is 0 Å². The lowest BCUT2D eigenvalue weighted by Gasteiger charge is -2.15. The number of para-hydroxylation sites is 4. The number of rotatable bonds is 2. The first-order valence-corrected chi connectivity index (χ1v) is 14.5. The first-order chi connectivity index (χ1) is 21.4. The molecule has 5 aromatic carbocycles. The molecule has 0 amide bonds. The Kier molecular flexibility index (Phi) is 4.39. The number of imidazole rings is 1. The van der Waals surface area contributed by atoms with Crippen molar-refractivity contribution in [3.05, 3.63) is 140 Å². The molecule has 43 heavy (non-hydrogen) atoms. The average Bonchev–Trinajstić information content (AvgIpc) is 3.79. The zero-order chi connectivity index (χ0) is 28.1. The zero-order valence-corrected chi connectivity index (χ0v) is 23.0. The Morgan fingerprint density at radius 2 is 0.977 bits per heavy atom. The van der Waals surface area contributed by atoms with Crippen LogP contribution in [-0.2, 0) is 0 Å².